The second-order valence-electron chi connectivity index (χ2n) is 7.11. The molecule has 2 heterocycles. The lowest BCUT2D eigenvalue weighted by Gasteiger charge is -2.21. The molecule has 1 amide bonds. The van der Waals surface area contributed by atoms with Gasteiger partial charge < -0.3 is 24.3 Å². The lowest BCUT2D eigenvalue weighted by atomic mass is 10.1. The molecule has 0 aromatic rings. The molecule has 0 aliphatic carbocycles. The third-order valence-electron chi connectivity index (χ3n) is 3.62. The van der Waals surface area contributed by atoms with Gasteiger partial charge in [-0.25, -0.2) is 9.59 Å². The minimum absolute atomic E-state index is 0.00395. The first kappa shape index (κ1) is 18.8. The fourth-order valence-corrected chi connectivity index (χ4v) is 2.42. The molecule has 2 unspecified atom stereocenters. The van der Waals surface area contributed by atoms with Crippen LogP contribution in [0.25, 0.3) is 0 Å². The Labute approximate surface area is 142 Å². The summed E-state index contributed by atoms with van der Waals surface area (Å²) < 4.78 is 20.3. The molecule has 0 saturated carbocycles. The maximum absolute atomic E-state index is 11.5. The monoisotopic (exact) mass is 344 g/mol. The minimum Gasteiger partial charge on any atom is -0.444 e. The van der Waals surface area contributed by atoms with Gasteiger partial charge in [0, 0.05) is 6.54 Å². The number of carbonyl (C=O) groups is 2. The van der Waals surface area contributed by atoms with Gasteiger partial charge in [-0.3, -0.25) is 5.32 Å². The van der Waals surface area contributed by atoms with E-state index in [1.807, 2.05) is 20.8 Å². The van der Waals surface area contributed by atoms with Crippen molar-refractivity contribution in [2.75, 3.05) is 19.8 Å². The third kappa shape index (κ3) is 7.35. The van der Waals surface area contributed by atoms with Gasteiger partial charge in [0.1, 0.15) is 25.0 Å². The molecule has 0 aromatic carbocycles. The van der Waals surface area contributed by atoms with Crippen molar-refractivity contribution in [3.05, 3.63) is 0 Å². The molecular weight excluding hydrogens is 316 g/mol. The highest BCUT2D eigenvalue weighted by molar-refractivity contribution is 5.67. The van der Waals surface area contributed by atoms with Crippen LogP contribution in [0.5, 0.6) is 0 Å². The van der Waals surface area contributed by atoms with Crippen molar-refractivity contribution >= 4 is 12.2 Å². The average molecular weight is 344 g/mol. The maximum Gasteiger partial charge on any atom is 0.508 e. The van der Waals surface area contributed by atoms with Crippen LogP contribution in [0.4, 0.5) is 9.59 Å². The summed E-state index contributed by atoms with van der Waals surface area (Å²) in [5.41, 5.74) is -0.461. The van der Waals surface area contributed by atoms with Crippen molar-refractivity contribution in [3.63, 3.8) is 0 Å². The molecular formula is C16H28N2O6. The number of ether oxygens (including phenoxy) is 4. The molecule has 8 nitrogen and oxygen atoms in total. The molecule has 2 saturated heterocycles. The van der Waals surface area contributed by atoms with E-state index < -0.39 is 11.8 Å². The normalized spacial score (nSPS) is 24.0. The van der Waals surface area contributed by atoms with Gasteiger partial charge in [-0.2, -0.15) is 0 Å². The van der Waals surface area contributed by atoms with E-state index in [0.29, 0.717) is 19.8 Å². The smallest absolute Gasteiger partial charge is 0.444 e. The highest BCUT2D eigenvalue weighted by Gasteiger charge is 2.40. The molecule has 2 atom stereocenters. The number of unbranched alkanes of at least 4 members (excludes halogenated alkanes) is 2. The van der Waals surface area contributed by atoms with Gasteiger partial charge in [-0.05, 0) is 33.6 Å². The van der Waals surface area contributed by atoms with Gasteiger partial charge in [0.15, 0.2) is 0 Å². The first-order valence-corrected chi connectivity index (χ1v) is 8.51. The van der Waals surface area contributed by atoms with E-state index in [9.17, 15) is 9.59 Å². The predicted molar refractivity (Wildman–Crippen MR) is 85.6 cm³/mol. The summed E-state index contributed by atoms with van der Waals surface area (Å²) in [6, 6.07) is -0.00395. The van der Waals surface area contributed by atoms with E-state index in [0.717, 1.165) is 25.7 Å². The van der Waals surface area contributed by atoms with Gasteiger partial charge in [0.2, 0.25) is 0 Å². The van der Waals surface area contributed by atoms with Crippen molar-refractivity contribution < 1.29 is 28.5 Å². The Hall–Kier alpha value is -1.54. The van der Waals surface area contributed by atoms with Crippen molar-refractivity contribution in [2.24, 2.45) is 0 Å². The van der Waals surface area contributed by atoms with Crippen LogP contribution in [-0.2, 0) is 18.9 Å². The fourth-order valence-electron chi connectivity index (χ4n) is 2.42. The number of rotatable bonds is 8. The highest BCUT2D eigenvalue weighted by atomic mass is 16.7. The summed E-state index contributed by atoms with van der Waals surface area (Å²) >= 11 is 0. The zero-order valence-electron chi connectivity index (χ0n) is 14.6. The SMILES string of the molecule is CC(C)(C)OC(=O)NCCCCCC1OC1NC1COC(=O)OC1. The Morgan fingerprint density at radius 1 is 1.21 bits per heavy atom. The van der Waals surface area contributed by atoms with Gasteiger partial charge in [-0.15, -0.1) is 0 Å². The molecule has 0 spiro atoms. The molecule has 24 heavy (non-hydrogen) atoms. The second-order valence-corrected chi connectivity index (χ2v) is 7.11. The molecule has 0 radical (unpaired) electrons. The molecule has 2 rings (SSSR count). The number of epoxide rings is 1. The zero-order valence-corrected chi connectivity index (χ0v) is 14.6. The predicted octanol–water partition coefficient (Wildman–Crippen LogP) is 1.92. The summed E-state index contributed by atoms with van der Waals surface area (Å²) in [5, 5.41) is 6.00. The van der Waals surface area contributed by atoms with E-state index in [2.05, 4.69) is 10.6 Å². The first-order valence-electron chi connectivity index (χ1n) is 8.51. The zero-order chi connectivity index (χ0) is 17.6. The van der Waals surface area contributed by atoms with Crippen LogP contribution in [-0.4, -0.2) is 56.0 Å². The van der Waals surface area contributed by atoms with Gasteiger partial charge in [0.05, 0.1) is 12.1 Å². The largest absolute Gasteiger partial charge is 0.508 e. The highest BCUT2D eigenvalue weighted by Crippen LogP contribution is 2.26. The lowest BCUT2D eigenvalue weighted by molar-refractivity contribution is -0.00157. The first-order chi connectivity index (χ1) is 11.3. The Bertz CT molecular complexity index is 427. The molecule has 2 N–H and O–H groups in total. The number of alkyl carbamates (subject to hydrolysis) is 1. The Kier molecular flexibility index (Phi) is 6.68. The summed E-state index contributed by atoms with van der Waals surface area (Å²) in [6.07, 6.45) is 3.20. The Balaban J connectivity index is 1.42. The number of cyclic esters (lactones) is 2. The average Bonchev–Trinajstić information content (AvgIpc) is 3.21. The Morgan fingerprint density at radius 3 is 2.58 bits per heavy atom. The van der Waals surface area contributed by atoms with Gasteiger partial charge in [-0.1, -0.05) is 12.8 Å². The number of hydrogen-bond acceptors (Lipinski definition) is 7. The topological polar surface area (TPSA) is 98.4 Å². The van der Waals surface area contributed by atoms with E-state index in [-0.39, 0.29) is 24.5 Å². The number of nitrogens with one attached hydrogen (secondary N) is 2. The summed E-state index contributed by atoms with van der Waals surface area (Å²) in [5.74, 6) is 0. The van der Waals surface area contributed by atoms with Crippen molar-refractivity contribution in [1.29, 1.82) is 0 Å². The molecule has 2 aliphatic rings. The summed E-state index contributed by atoms with van der Waals surface area (Å²) in [6.45, 7) is 6.79. The molecule has 2 aliphatic heterocycles. The third-order valence-corrected chi connectivity index (χ3v) is 3.62. The molecule has 2 fully saturated rings. The number of hydrogen-bond donors (Lipinski definition) is 2. The van der Waals surface area contributed by atoms with E-state index in [1.165, 1.54) is 0 Å². The summed E-state index contributed by atoms with van der Waals surface area (Å²) in [7, 11) is 0. The standard InChI is InChI=1S/C16H28N2O6/c1-16(2,3)24-14(19)17-8-6-4-5-7-12-13(23-12)18-11-9-21-15(20)22-10-11/h11-13,18H,4-10H2,1-3H3,(H,17,19). The van der Waals surface area contributed by atoms with Crippen LogP contribution >= 0.6 is 0 Å². The lowest BCUT2D eigenvalue weighted by Crippen LogP contribution is -2.44. The quantitative estimate of drug-likeness (QED) is 0.394. The Morgan fingerprint density at radius 2 is 1.92 bits per heavy atom. The van der Waals surface area contributed by atoms with Crippen LogP contribution in [0.2, 0.25) is 0 Å². The maximum atomic E-state index is 11.5. The molecule has 0 bridgehead atoms. The molecule has 8 heteroatoms. The van der Waals surface area contributed by atoms with Crippen LogP contribution in [0.15, 0.2) is 0 Å². The number of amides is 1. The van der Waals surface area contributed by atoms with Crippen LogP contribution < -0.4 is 10.6 Å². The van der Waals surface area contributed by atoms with Crippen LogP contribution in [0, 0.1) is 0 Å². The minimum atomic E-state index is -0.610. The fraction of sp³-hybridized carbons (Fsp3) is 0.875. The van der Waals surface area contributed by atoms with Crippen molar-refractivity contribution in [3.8, 4) is 0 Å². The second kappa shape index (κ2) is 8.53. The van der Waals surface area contributed by atoms with Crippen LogP contribution in [0.1, 0.15) is 46.5 Å². The number of carbonyl (C=O) groups excluding carboxylic acids is 2. The van der Waals surface area contributed by atoms with E-state index in [4.69, 9.17) is 18.9 Å². The summed E-state index contributed by atoms with van der Waals surface area (Å²) in [4.78, 5) is 22.2. The van der Waals surface area contributed by atoms with Crippen molar-refractivity contribution in [1.82, 2.24) is 10.6 Å². The van der Waals surface area contributed by atoms with E-state index >= 15 is 0 Å². The molecule has 0 aromatic heterocycles. The van der Waals surface area contributed by atoms with Gasteiger partial charge >= 0.3 is 12.2 Å². The van der Waals surface area contributed by atoms with Crippen molar-refractivity contribution in [2.45, 2.75) is 70.4 Å². The van der Waals surface area contributed by atoms with Gasteiger partial charge in [0.25, 0.3) is 0 Å². The molecule has 138 valence electrons. The van der Waals surface area contributed by atoms with E-state index in [1.54, 1.807) is 0 Å². The van der Waals surface area contributed by atoms with Crippen LogP contribution in [0.3, 0.4) is 0 Å².